The van der Waals surface area contributed by atoms with Gasteiger partial charge < -0.3 is 10.1 Å². The van der Waals surface area contributed by atoms with Gasteiger partial charge in [0.25, 0.3) is 11.8 Å². The molecule has 12 heteroatoms. The zero-order valence-corrected chi connectivity index (χ0v) is 19.9. The fraction of sp³-hybridized carbons (Fsp3) is 0.217. The molecular weight excluding hydrogens is 503 g/mol. The molecule has 2 aliphatic heterocycles. The summed E-state index contributed by atoms with van der Waals surface area (Å²) in [4.78, 5) is 41.8. The average molecular weight is 522 g/mol. The van der Waals surface area contributed by atoms with Crippen molar-refractivity contribution in [2.45, 2.75) is 6.18 Å². The normalized spacial score (nSPS) is 17.9. The molecule has 1 fully saturated rings. The minimum absolute atomic E-state index is 0.0519. The number of alkyl halides is 3. The molecule has 4 rings (SSSR count). The highest BCUT2D eigenvalue weighted by atomic mass is 32.2. The highest BCUT2D eigenvalue weighted by molar-refractivity contribution is 8.26. The maximum absolute atomic E-state index is 13.4. The zero-order chi connectivity index (χ0) is 25.3. The van der Waals surface area contributed by atoms with E-state index in [1.807, 2.05) is 0 Å². The van der Waals surface area contributed by atoms with Gasteiger partial charge in [0.05, 0.1) is 34.9 Å². The number of thioether (sulfide) groups is 1. The monoisotopic (exact) mass is 521 g/mol. The van der Waals surface area contributed by atoms with Gasteiger partial charge in [0.1, 0.15) is 10.9 Å². The van der Waals surface area contributed by atoms with E-state index in [2.05, 4.69) is 5.32 Å². The van der Waals surface area contributed by atoms with Crippen molar-refractivity contribution in [3.8, 4) is 0 Å². The molecular formula is C23H18F3N3O4S2. The van der Waals surface area contributed by atoms with Gasteiger partial charge in [0.2, 0.25) is 5.91 Å². The number of methoxy groups -OCH3 is 1. The van der Waals surface area contributed by atoms with E-state index in [0.717, 1.165) is 23.9 Å². The third-order valence-corrected chi connectivity index (χ3v) is 6.74. The van der Waals surface area contributed by atoms with Crippen molar-refractivity contribution in [1.82, 2.24) is 4.90 Å². The van der Waals surface area contributed by atoms with E-state index < -0.39 is 36.0 Å². The number of fused-ring (bicyclic) bond motifs is 1. The smallest absolute Gasteiger partial charge is 0.383 e. The number of ether oxygens (including phenoxy) is 1. The van der Waals surface area contributed by atoms with Crippen LogP contribution in [0.3, 0.4) is 0 Å². The van der Waals surface area contributed by atoms with Crippen LogP contribution >= 0.6 is 24.0 Å². The summed E-state index contributed by atoms with van der Waals surface area (Å²) in [7, 11) is 1.50. The molecule has 2 aromatic rings. The molecule has 1 N–H and O–H groups in total. The van der Waals surface area contributed by atoms with Crippen molar-refractivity contribution >= 4 is 63.0 Å². The van der Waals surface area contributed by atoms with E-state index in [-0.39, 0.29) is 29.3 Å². The van der Waals surface area contributed by atoms with Gasteiger partial charge in [0.15, 0.2) is 0 Å². The summed E-state index contributed by atoms with van der Waals surface area (Å²) in [6, 6.07) is 10.9. The van der Waals surface area contributed by atoms with Crippen LogP contribution in [0, 0.1) is 0 Å². The maximum Gasteiger partial charge on any atom is 0.416 e. The predicted octanol–water partition coefficient (Wildman–Crippen LogP) is 3.91. The van der Waals surface area contributed by atoms with Crippen molar-refractivity contribution in [2.75, 3.05) is 37.0 Å². The van der Waals surface area contributed by atoms with E-state index in [0.29, 0.717) is 15.6 Å². The second-order valence-corrected chi connectivity index (χ2v) is 9.20. The number of nitrogens with zero attached hydrogens (tertiary/aromatic N) is 2. The Bertz CT molecular complexity index is 1260. The molecule has 35 heavy (non-hydrogen) atoms. The molecule has 182 valence electrons. The number of benzene rings is 2. The number of rotatable bonds is 6. The second-order valence-electron chi connectivity index (χ2n) is 7.56. The molecule has 3 amide bonds. The predicted molar refractivity (Wildman–Crippen MR) is 130 cm³/mol. The second kappa shape index (κ2) is 9.80. The van der Waals surface area contributed by atoms with E-state index in [9.17, 15) is 27.6 Å². The lowest BCUT2D eigenvalue weighted by molar-refractivity contribution is -0.137. The molecule has 7 nitrogen and oxygen atoms in total. The van der Waals surface area contributed by atoms with Gasteiger partial charge in [-0.05, 0) is 24.3 Å². The van der Waals surface area contributed by atoms with E-state index in [1.54, 1.807) is 24.3 Å². The molecule has 0 aromatic heterocycles. The lowest BCUT2D eigenvalue weighted by atomic mass is 10.1. The number of hydrogen-bond donors (Lipinski definition) is 1. The molecule has 0 bridgehead atoms. The fourth-order valence-electron chi connectivity index (χ4n) is 3.70. The van der Waals surface area contributed by atoms with Crippen molar-refractivity contribution in [2.24, 2.45) is 0 Å². The molecule has 2 aromatic carbocycles. The standard InChI is InChI=1S/C23H18F3N3O4S2/c1-33-10-9-28-21(32)19(35-22(28)34)18-15-7-2-3-8-16(15)29(20(18)31)12-17(30)27-14-6-4-5-13(11-14)23(24,25)26/h2-8,11H,9-10,12H2,1H3,(H,27,30). The summed E-state index contributed by atoms with van der Waals surface area (Å²) in [6.07, 6.45) is -4.56. The lowest BCUT2D eigenvalue weighted by Gasteiger charge is -2.17. The summed E-state index contributed by atoms with van der Waals surface area (Å²) in [5.74, 6) is -1.69. The number of carbonyl (C=O) groups is 3. The van der Waals surface area contributed by atoms with Crippen LogP contribution in [0.4, 0.5) is 24.5 Å². The Kier molecular flexibility index (Phi) is 6.97. The van der Waals surface area contributed by atoms with E-state index in [4.69, 9.17) is 17.0 Å². The molecule has 0 radical (unpaired) electrons. The molecule has 2 aliphatic rings. The Labute approximate surface area is 207 Å². The molecule has 0 unspecified atom stereocenters. The zero-order valence-electron chi connectivity index (χ0n) is 18.2. The summed E-state index contributed by atoms with van der Waals surface area (Å²) < 4.78 is 44.2. The quantitative estimate of drug-likeness (QED) is 0.459. The number of thiocarbonyl (C=S) groups is 1. The average Bonchev–Trinajstić information content (AvgIpc) is 3.24. The number of amides is 3. The number of para-hydroxylation sites is 1. The first kappa shape index (κ1) is 24.9. The van der Waals surface area contributed by atoms with Crippen molar-refractivity contribution < 1.29 is 32.3 Å². The van der Waals surface area contributed by atoms with E-state index in [1.165, 1.54) is 29.0 Å². The Morgan fingerprint density at radius 1 is 1.09 bits per heavy atom. The van der Waals surface area contributed by atoms with Crippen molar-refractivity contribution in [1.29, 1.82) is 0 Å². The first-order valence-corrected chi connectivity index (χ1v) is 11.5. The first-order valence-electron chi connectivity index (χ1n) is 10.3. The molecule has 0 saturated carbocycles. The van der Waals surface area contributed by atoms with Gasteiger partial charge in [0, 0.05) is 18.4 Å². The minimum atomic E-state index is -4.56. The topological polar surface area (TPSA) is 79.0 Å². The van der Waals surface area contributed by atoms with Crippen LogP contribution in [0.25, 0.3) is 5.57 Å². The van der Waals surface area contributed by atoms with Gasteiger partial charge in [-0.3, -0.25) is 24.2 Å². The van der Waals surface area contributed by atoms with Gasteiger partial charge in [-0.25, -0.2) is 0 Å². The molecule has 0 atom stereocenters. The molecule has 0 spiro atoms. The van der Waals surface area contributed by atoms with Gasteiger partial charge in [-0.15, -0.1) is 0 Å². The number of halogens is 3. The van der Waals surface area contributed by atoms with Crippen LogP contribution in [-0.2, 0) is 25.3 Å². The van der Waals surface area contributed by atoms with Crippen molar-refractivity contribution in [3.05, 3.63) is 64.6 Å². The van der Waals surface area contributed by atoms with Gasteiger partial charge in [-0.1, -0.05) is 48.2 Å². The highest BCUT2D eigenvalue weighted by Crippen LogP contribution is 2.44. The van der Waals surface area contributed by atoms with Gasteiger partial charge in [-0.2, -0.15) is 13.2 Å². The Hall–Kier alpha value is -3.22. The van der Waals surface area contributed by atoms with Crippen LogP contribution in [0.15, 0.2) is 53.4 Å². The SMILES string of the molecule is COCCN1C(=O)C(=C2C(=O)N(CC(=O)Nc3cccc(C(F)(F)F)c3)c3ccccc32)SC1=S. The molecule has 1 saturated heterocycles. The number of carbonyl (C=O) groups excluding carboxylic acids is 3. The third-order valence-electron chi connectivity index (χ3n) is 5.29. The maximum atomic E-state index is 13.4. The van der Waals surface area contributed by atoms with Crippen LogP contribution in [0.1, 0.15) is 11.1 Å². The van der Waals surface area contributed by atoms with E-state index >= 15 is 0 Å². The Morgan fingerprint density at radius 3 is 2.54 bits per heavy atom. The largest absolute Gasteiger partial charge is 0.416 e. The molecule has 2 heterocycles. The van der Waals surface area contributed by atoms with Crippen LogP contribution in [0.2, 0.25) is 0 Å². The van der Waals surface area contributed by atoms with Gasteiger partial charge >= 0.3 is 6.18 Å². The Balaban J connectivity index is 1.60. The summed E-state index contributed by atoms with van der Waals surface area (Å²) in [5.41, 5.74) is 0.0508. The Morgan fingerprint density at radius 2 is 1.83 bits per heavy atom. The summed E-state index contributed by atoms with van der Waals surface area (Å²) in [5, 5.41) is 2.40. The summed E-state index contributed by atoms with van der Waals surface area (Å²) in [6.45, 7) is 0.0396. The minimum Gasteiger partial charge on any atom is -0.383 e. The van der Waals surface area contributed by atoms with Crippen LogP contribution in [-0.4, -0.2) is 53.7 Å². The van der Waals surface area contributed by atoms with Crippen molar-refractivity contribution in [3.63, 3.8) is 0 Å². The number of hydrogen-bond acceptors (Lipinski definition) is 6. The fourth-order valence-corrected chi connectivity index (χ4v) is 5.08. The third kappa shape index (κ3) is 4.95. The highest BCUT2D eigenvalue weighted by Gasteiger charge is 2.42. The first-order chi connectivity index (χ1) is 16.6. The van der Waals surface area contributed by atoms with Crippen LogP contribution in [0.5, 0.6) is 0 Å². The number of nitrogens with one attached hydrogen (secondary N) is 1. The van der Waals surface area contributed by atoms with Crippen LogP contribution < -0.4 is 10.2 Å². The summed E-state index contributed by atoms with van der Waals surface area (Å²) >= 11 is 6.30. The number of anilines is 2. The molecule has 0 aliphatic carbocycles. The lowest BCUT2D eigenvalue weighted by Crippen LogP contribution is -2.36.